The van der Waals surface area contributed by atoms with E-state index in [-0.39, 0.29) is 24.0 Å². The molecule has 1 aromatic carbocycles. The van der Waals surface area contributed by atoms with E-state index >= 15 is 0 Å². The third-order valence-electron chi connectivity index (χ3n) is 3.69. The van der Waals surface area contributed by atoms with Gasteiger partial charge in [0.05, 0.1) is 6.54 Å². The van der Waals surface area contributed by atoms with Crippen LogP contribution in [0.15, 0.2) is 41.4 Å². The average molecular weight is 472 g/mol. The minimum atomic E-state index is 0. The van der Waals surface area contributed by atoms with Gasteiger partial charge in [-0.2, -0.15) is 0 Å². The van der Waals surface area contributed by atoms with Crippen LogP contribution in [0.4, 0.5) is 5.69 Å². The second-order valence-corrected chi connectivity index (χ2v) is 7.32. The highest BCUT2D eigenvalue weighted by atomic mass is 127. The van der Waals surface area contributed by atoms with Crippen LogP contribution in [-0.4, -0.2) is 33.1 Å². The summed E-state index contributed by atoms with van der Waals surface area (Å²) >= 11 is 1.81. The number of aliphatic imine (C=N–C) groups is 1. The summed E-state index contributed by atoms with van der Waals surface area (Å²) in [5.41, 5.74) is 2.56. The Kier molecular flexibility index (Phi) is 9.89. The molecule has 2 rings (SSSR count). The van der Waals surface area contributed by atoms with Gasteiger partial charge in [-0.25, -0.2) is 4.99 Å². The van der Waals surface area contributed by atoms with Crippen LogP contribution in [0.2, 0.25) is 0 Å². The minimum Gasteiger partial charge on any atom is -0.378 e. The molecule has 2 aromatic rings. The van der Waals surface area contributed by atoms with E-state index in [9.17, 15) is 0 Å². The first-order valence-corrected chi connectivity index (χ1v) is 9.24. The lowest BCUT2D eigenvalue weighted by Gasteiger charge is -2.13. The Morgan fingerprint density at radius 3 is 2.36 bits per heavy atom. The first-order chi connectivity index (χ1) is 11.6. The first-order valence-electron chi connectivity index (χ1n) is 8.42. The highest BCUT2D eigenvalue weighted by Gasteiger charge is 2.01. The van der Waals surface area contributed by atoms with Crippen molar-refractivity contribution in [1.29, 1.82) is 0 Å². The van der Waals surface area contributed by atoms with Gasteiger partial charge in [0, 0.05) is 42.6 Å². The molecular weight excluding hydrogens is 443 g/mol. The number of thiophene rings is 1. The Labute approximate surface area is 172 Å². The zero-order valence-electron chi connectivity index (χ0n) is 15.5. The largest absolute Gasteiger partial charge is 0.378 e. The van der Waals surface area contributed by atoms with E-state index in [0.29, 0.717) is 0 Å². The fourth-order valence-electron chi connectivity index (χ4n) is 2.35. The van der Waals surface area contributed by atoms with E-state index in [2.05, 4.69) is 84.9 Å². The van der Waals surface area contributed by atoms with Crippen molar-refractivity contribution >= 4 is 47.0 Å². The van der Waals surface area contributed by atoms with E-state index in [1.807, 2.05) is 0 Å². The quantitative estimate of drug-likeness (QED) is 0.363. The summed E-state index contributed by atoms with van der Waals surface area (Å²) in [7, 11) is 4.12. The Balaban J connectivity index is 0.00000312. The molecule has 0 atom stereocenters. The number of halogens is 1. The molecule has 4 nitrogen and oxygen atoms in total. The number of nitrogens with zero attached hydrogens (tertiary/aromatic N) is 2. The van der Waals surface area contributed by atoms with Crippen molar-refractivity contribution in [3.8, 4) is 0 Å². The van der Waals surface area contributed by atoms with Crippen LogP contribution >= 0.6 is 35.3 Å². The van der Waals surface area contributed by atoms with Gasteiger partial charge in [-0.05, 0) is 50.1 Å². The van der Waals surface area contributed by atoms with E-state index < -0.39 is 0 Å². The topological polar surface area (TPSA) is 39.7 Å². The van der Waals surface area contributed by atoms with E-state index in [1.54, 1.807) is 11.3 Å². The predicted octanol–water partition coefficient (Wildman–Crippen LogP) is 4.04. The molecule has 6 heteroatoms. The zero-order chi connectivity index (χ0) is 17.4. The Morgan fingerprint density at radius 1 is 1.08 bits per heavy atom. The first kappa shape index (κ1) is 21.8. The SMILES string of the molecule is CCNC(=NCc1ccc(C)s1)NCCc1ccc(N(C)C)cc1.I. The maximum absolute atomic E-state index is 4.66. The molecule has 1 aromatic heterocycles. The van der Waals surface area contributed by atoms with Crippen LogP contribution in [0.25, 0.3) is 0 Å². The van der Waals surface area contributed by atoms with Crippen molar-refractivity contribution in [2.75, 3.05) is 32.1 Å². The summed E-state index contributed by atoms with van der Waals surface area (Å²) in [5, 5.41) is 6.72. The molecule has 2 N–H and O–H groups in total. The third kappa shape index (κ3) is 7.64. The molecule has 0 fully saturated rings. The summed E-state index contributed by atoms with van der Waals surface area (Å²) < 4.78 is 0. The van der Waals surface area contributed by atoms with Crippen molar-refractivity contribution in [3.05, 3.63) is 51.7 Å². The molecular formula is C19H29IN4S. The molecule has 0 spiro atoms. The maximum atomic E-state index is 4.66. The van der Waals surface area contributed by atoms with Gasteiger partial charge in [-0.3, -0.25) is 0 Å². The lowest BCUT2D eigenvalue weighted by molar-refractivity contribution is 0.801. The van der Waals surface area contributed by atoms with Gasteiger partial charge in [0.25, 0.3) is 0 Å². The van der Waals surface area contributed by atoms with Crippen molar-refractivity contribution in [1.82, 2.24) is 10.6 Å². The third-order valence-corrected chi connectivity index (χ3v) is 4.68. The van der Waals surface area contributed by atoms with Gasteiger partial charge in [0.2, 0.25) is 0 Å². The average Bonchev–Trinajstić information content (AvgIpc) is 2.98. The molecule has 1 heterocycles. The van der Waals surface area contributed by atoms with Crippen molar-refractivity contribution < 1.29 is 0 Å². The van der Waals surface area contributed by atoms with Crippen molar-refractivity contribution in [2.45, 2.75) is 26.8 Å². The standard InChI is InChI=1S/C19H28N4S.HI/c1-5-20-19(22-14-18-11-6-15(2)24-18)21-13-12-16-7-9-17(10-8-16)23(3)4;/h6-11H,5,12-14H2,1-4H3,(H2,20,21,22);1H. The summed E-state index contributed by atoms with van der Waals surface area (Å²) in [6.45, 7) is 6.68. The van der Waals surface area contributed by atoms with Gasteiger partial charge >= 0.3 is 0 Å². The van der Waals surface area contributed by atoms with Crippen LogP contribution in [0.5, 0.6) is 0 Å². The lowest BCUT2D eigenvalue weighted by atomic mass is 10.1. The van der Waals surface area contributed by atoms with Crippen LogP contribution in [0.3, 0.4) is 0 Å². The molecule has 0 unspecified atom stereocenters. The number of hydrogen-bond donors (Lipinski definition) is 2. The molecule has 25 heavy (non-hydrogen) atoms. The van der Waals surface area contributed by atoms with E-state index in [1.165, 1.54) is 21.0 Å². The fourth-order valence-corrected chi connectivity index (χ4v) is 3.17. The lowest BCUT2D eigenvalue weighted by Crippen LogP contribution is -2.38. The maximum Gasteiger partial charge on any atom is 0.191 e. The number of aryl methyl sites for hydroxylation is 1. The number of guanidine groups is 1. The molecule has 138 valence electrons. The number of nitrogens with one attached hydrogen (secondary N) is 2. The highest BCUT2D eigenvalue weighted by molar-refractivity contribution is 14.0. The normalized spacial score (nSPS) is 11.0. The van der Waals surface area contributed by atoms with Crippen LogP contribution in [0, 0.1) is 6.92 Å². The highest BCUT2D eigenvalue weighted by Crippen LogP contribution is 2.15. The zero-order valence-corrected chi connectivity index (χ0v) is 18.7. The van der Waals surface area contributed by atoms with Crippen LogP contribution in [-0.2, 0) is 13.0 Å². The molecule has 0 aliphatic rings. The van der Waals surface area contributed by atoms with Gasteiger partial charge in [-0.1, -0.05) is 12.1 Å². The van der Waals surface area contributed by atoms with Crippen LogP contribution in [0.1, 0.15) is 22.2 Å². The summed E-state index contributed by atoms with van der Waals surface area (Å²) in [6.07, 6.45) is 0.982. The molecule has 0 saturated carbocycles. The van der Waals surface area contributed by atoms with E-state index in [4.69, 9.17) is 0 Å². The Bertz CT molecular complexity index is 650. The number of rotatable bonds is 7. The molecule has 0 saturated heterocycles. The summed E-state index contributed by atoms with van der Waals surface area (Å²) in [6, 6.07) is 13.0. The fraction of sp³-hybridized carbons (Fsp3) is 0.421. The second-order valence-electron chi connectivity index (χ2n) is 5.95. The Hall–Kier alpha value is -1.28. The summed E-state index contributed by atoms with van der Waals surface area (Å²) in [4.78, 5) is 9.41. The second kappa shape index (κ2) is 11.4. The predicted molar refractivity (Wildman–Crippen MR) is 122 cm³/mol. The smallest absolute Gasteiger partial charge is 0.191 e. The molecule has 0 aliphatic carbocycles. The number of hydrogen-bond acceptors (Lipinski definition) is 3. The molecule has 0 amide bonds. The van der Waals surface area contributed by atoms with Gasteiger partial charge in [0.15, 0.2) is 5.96 Å². The van der Waals surface area contributed by atoms with Crippen LogP contribution < -0.4 is 15.5 Å². The number of anilines is 1. The monoisotopic (exact) mass is 472 g/mol. The Morgan fingerprint density at radius 2 is 1.80 bits per heavy atom. The van der Waals surface area contributed by atoms with Crippen molar-refractivity contribution in [2.24, 2.45) is 4.99 Å². The molecule has 0 bridgehead atoms. The van der Waals surface area contributed by atoms with Gasteiger partial charge in [-0.15, -0.1) is 35.3 Å². The minimum absolute atomic E-state index is 0. The molecule has 0 aliphatic heterocycles. The van der Waals surface area contributed by atoms with Crippen molar-refractivity contribution in [3.63, 3.8) is 0 Å². The van der Waals surface area contributed by atoms with E-state index in [0.717, 1.165) is 32.0 Å². The molecule has 0 radical (unpaired) electrons. The van der Waals surface area contributed by atoms with Gasteiger partial charge < -0.3 is 15.5 Å². The number of benzene rings is 1. The van der Waals surface area contributed by atoms with Gasteiger partial charge in [0.1, 0.15) is 0 Å². The summed E-state index contributed by atoms with van der Waals surface area (Å²) in [5.74, 6) is 0.883.